The van der Waals surface area contributed by atoms with Crippen LogP contribution < -0.4 is 10.1 Å². The lowest BCUT2D eigenvalue weighted by molar-refractivity contribution is 0.0944. The third-order valence-electron chi connectivity index (χ3n) is 2.28. The van der Waals surface area contributed by atoms with Gasteiger partial charge in [-0.05, 0) is 31.5 Å². The maximum Gasteiger partial charge on any atom is 0.252 e. The third-order valence-corrected chi connectivity index (χ3v) is 2.28. The van der Waals surface area contributed by atoms with Crippen LogP contribution in [0.15, 0.2) is 24.3 Å². The van der Waals surface area contributed by atoms with Gasteiger partial charge in [0.2, 0.25) is 0 Å². The minimum absolute atomic E-state index is 0.250. The monoisotopic (exact) mass is 232 g/mol. The molecule has 0 heterocycles. The zero-order valence-electron chi connectivity index (χ0n) is 10.1. The molecule has 1 rings (SSSR count). The fourth-order valence-electron chi connectivity index (χ4n) is 1.36. The predicted octanol–water partition coefficient (Wildman–Crippen LogP) is 2.12. The molecule has 0 fully saturated rings. The summed E-state index contributed by atoms with van der Waals surface area (Å²) in [6.07, 6.45) is 0.591. The van der Waals surface area contributed by atoms with Crippen molar-refractivity contribution in [3.8, 4) is 11.8 Å². The van der Waals surface area contributed by atoms with E-state index in [1.54, 1.807) is 24.3 Å². The number of carbonyl (C=O) groups is 1. The SMILES string of the molecule is CCOc1cccc(C(=O)NC(C#N)CC)c1. The first-order valence-corrected chi connectivity index (χ1v) is 5.64. The smallest absolute Gasteiger partial charge is 0.252 e. The Morgan fingerprint density at radius 1 is 1.53 bits per heavy atom. The second kappa shape index (κ2) is 6.54. The standard InChI is InChI=1S/C13H16N2O2/c1-3-11(9-14)15-13(16)10-6-5-7-12(8-10)17-4-2/h5-8,11H,3-4H2,1-2H3,(H,15,16). The molecule has 0 aliphatic rings. The van der Waals surface area contributed by atoms with E-state index >= 15 is 0 Å². The van der Waals surface area contributed by atoms with Gasteiger partial charge in [0.05, 0.1) is 12.7 Å². The highest BCUT2D eigenvalue weighted by molar-refractivity contribution is 5.94. The van der Waals surface area contributed by atoms with Crippen LogP contribution in [0, 0.1) is 11.3 Å². The zero-order chi connectivity index (χ0) is 12.7. The average molecular weight is 232 g/mol. The fourth-order valence-corrected chi connectivity index (χ4v) is 1.36. The Bertz CT molecular complexity index is 424. The number of hydrogen-bond donors (Lipinski definition) is 1. The first-order chi connectivity index (χ1) is 8.21. The van der Waals surface area contributed by atoms with Crippen LogP contribution in [0.5, 0.6) is 5.75 Å². The van der Waals surface area contributed by atoms with E-state index in [4.69, 9.17) is 10.00 Å². The number of rotatable bonds is 5. The zero-order valence-corrected chi connectivity index (χ0v) is 10.1. The van der Waals surface area contributed by atoms with Gasteiger partial charge in [-0.2, -0.15) is 5.26 Å². The van der Waals surface area contributed by atoms with E-state index < -0.39 is 6.04 Å². The number of hydrogen-bond acceptors (Lipinski definition) is 3. The van der Waals surface area contributed by atoms with Crippen LogP contribution in [0.3, 0.4) is 0 Å². The summed E-state index contributed by atoms with van der Waals surface area (Å²) in [4.78, 5) is 11.8. The summed E-state index contributed by atoms with van der Waals surface area (Å²) in [5.41, 5.74) is 0.504. The van der Waals surface area contributed by atoms with Gasteiger partial charge in [0.15, 0.2) is 0 Å². The number of nitrogens with one attached hydrogen (secondary N) is 1. The summed E-state index contributed by atoms with van der Waals surface area (Å²) < 4.78 is 5.31. The van der Waals surface area contributed by atoms with Crippen LogP contribution in [0.25, 0.3) is 0 Å². The van der Waals surface area contributed by atoms with Crippen LogP contribution in [-0.2, 0) is 0 Å². The molecule has 0 bridgehead atoms. The second-order valence-electron chi connectivity index (χ2n) is 3.52. The minimum Gasteiger partial charge on any atom is -0.494 e. The van der Waals surface area contributed by atoms with Crippen molar-refractivity contribution >= 4 is 5.91 Å². The van der Waals surface area contributed by atoms with E-state index in [2.05, 4.69) is 5.32 Å². The van der Waals surface area contributed by atoms with E-state index in [0.717, 1.165) is 0 Å². The van der Waals surface area contributed by atoms with Crippen LogP contribution in [0.4, 0.5) is 0 Å². The van der Waals surface area contributed by atoms with Crippen molar-refractivity contribution in [2.45, 2.75) is 26.3 Å². The number of nitrogens with zero attached hydrogens (tertiary/aromatic N) is 1. The molecular formula is C13H16N2O2. The van der Waals surface area contributed by atoms with Crippen LogP contribution in [-0.4, -0.2) is 18.6 Å². The van der Waals surface area contributed by atoms with E-state index in [1.807, 2.05) is 19.9 Å². The van der Waals surface area contributed by atoms with Crippen molar-refractivity contribution in [3.05, 3.63) is 29.8 Å². The Morgan fingerprint density at radius 2 is 2.29 bits per heavy atom. The molecule has 1 aromatic carbocycles. The van der Waals surface area contributed by atoms with Gasteiger partial charge in [-0.3, -0.25) is 4.79 Å². The number of nitriles is 1. The molecule has 4 heteroatoms. The molecule has 1 aromatic rings. The summed E-state index contributed by atoms with van der Waals surface area (Å²) in [7, 11) is 0. The molecule has 0 saturated carbocycles. The molecule has 0 saturated heterocycles. The molecule has 1 amide bonds. The molecule has 1 atom stereocenters. The average Bonchev–Trinajstić information content (AvgIpc) is 2.36. The van der Waals surface area contributed by atoms with Gasteiger partial charge in [0.1, 0.15) is 11.8 Å². The molecule has 0 aliphatic carbocycles. The lowest BCUT2D eigenvalue weighted by Crippen LogP contribution is -2.33. The minimum atomic E-state index is -0.446. The van der Waals surface area contributed by atoms with E-state index in [1.165, 1.54) is 0 Å². The highest BCUT2D eigenvalue weighted by Crippen LogP contribution is 2.13. The molecular weight excluding hydrogens is 216 g/mol. The first kappa shape index (κ1) is 13.0. The Kier molecular flexibility index (Phi) is 5.02. The molecule has 0 aliphatic heterocycles. The van der Waals surface area contributed by atoms with E-state index in [-0.39, 0.29) is 5.91 Å². The topological polar surface area (TPSA) is 62.1 Å². The summed E-state index contributed by atoms with van der Waals surface area (Å²) >= 11 is 0. The van der Waals surface area contributed by atoms with Crippen molar-refractivity contribution in [2.24, 2.45) is 0 Å². The van der Waals surface area contributed by atoms with E-state index in [0.29, 0.717) is 24.3 Å². The number of carbonyl (C=O) groups excluding carboxylic acids is 1. The summed E-state index contributed by atoms with van der Waals surface area (Å²) in [6.45, 7) is 4.29. The summed E-state index contributed by atoms with van der Waals surface area (Å²) in [6, 6.07) is 8.50. The quantitative estimate of drug-likeness (QED) is 0.845. The fraction of sp³-hybridized carbons (Fsp3) is 0.385. The molecule has 0 radical (unpaired) electrons. The van der Waals surface area contributed by atoms with Crippen LogP contribution >= 0.6 is 0 Å². The van der Waals surface area contributed by atoms with Crippen LogP contribution in [0.2, 0.25) is 0 Å². The second-order valence-corrected chi connectivity index (χ2v) is 3.52. The molecule has 0 spiro atoms. The largest absolute Gasteiger partial charge is 0.494 e. The molecule has 90 valence electrons. The van der Waals surface area contributed by atoms with Gasteiger partial charge in [0.25, 0.3) is 5.91 Å². The van der Waals surface area contributed by atoms with Gasteiger partial charge in [0, 0.05) is 5.56 Å². The first-order valence-electron chi connectivity index (χ1n) is 5.64. The van der Waals surface area contributed by atoms with Crippen molar-refractivity contribution < 1.29 is 9.53 Å². The summed E-state index contributed by atoms with van der Waals surface area (Å²) in [5.74, 6) is 0.408. The Balaban J connectivity index is 2.75. The van der Waals surface area contributed by atoms with Gasteiger partial charge in [-0.1, -0.05) is 13.0 Å². The maximum absolute atomic E-state index is 11.8. The van der Waals surface area contributed by atoms with Gasteiger partial charge >= 0.3 is 0 Å². The Labute approximate surface area is 101 Å². The van der Waals surface area contributed by atoms with E-state index in [9.17, 15) is 4.79 Å². The number of amides is 1. The van der Waals surface area contributed by atoms with Crippen molar-refractivity contribution in [1.29, 1.82) is 5.26 Å². The highest BCUT2D eigenvalue weighted by Gasteiger charge is 2.11. The lowest BCUT2D eigenvalue weighted by atomic mass is 10.1. The molecule has 1 unspecified atom stereocenters. The molecule has 1 N–H and O–H groups in total. The van der Waals surface area contributed by atoms with Crippen molar-refractivity contribution in [3.63, 3.8) is 0 Å². The normalized spacial score (nSPS) is 11.4. The van der Waals surface area contributed by atoms with Gasteiger partial charge < -0.3 is 10.1 Å². The van der Waals surface area contributed by atoms with Crippen LogP contribution in [0.1, 0.15) is 30.6 Å². The predicted molar refractivity (Wildman–Crippen MR) is 64.8 cm³/mol. The molecule has 17 heavy (non-hydrogen) atoms. The highest BCUT2D eigenvalue weighted by atomic mass is 16.5. The lowest BCUT2D eigenvalue weighted by Gasteiger charge is -2.10. The van der Waals surface area contributed by atoms with Crippen molar-refractivity contribution in [1.82, 2.24) is 5.32 Å². The molecule has 4 nitrogen and oxygen atoms in total. The van der Waals surface area contributed by atoms with Gasteiger partial charge in [-0.25, -0.2) is 0 Å². The molecule has 0 aromatic heterocycles. The third kappa shape index (κ3) is 3.80. The summed E-state index contributed by atoms with van der Waals surface area (Å²) in [5, 5.41) is 11.4. The van der Waals surface area contributed by atoms with Gasteiger partial charge in [-0.15, -0.1) is 0 Å². The Morgan fingerprint density at radius 3 is 2.88 bits per heavy atom. The van der Waals surface area contributed by atoms with Crippen molar-refractivity contribution in [2.75, 3.05) is 6.61 Å². The number of ether oxygens (including phenoxy) is 1. The number of benzene rings is 1. The maximum atomic E-state index is 11.8. The Hall–Kier alpha value is -2.02.